The lowest BCUT2D eigenvalue weighted by atomic mass is 10.0. The van der Waals surface area contributed by atoms with E-state index in [-0.39, 0.29) is 11.4 Å². The molecule has 0 saturated carbocycles. The molecule has 19 heavy (non-hydrogen) atoms. The van der Waals surface area contributed by atoms with Crippen LogP contribution in [0.15, 0.2) is 11.1 Å². The average molecular weight is 286 g/mol. The van der Waals surface area contributed by atoms with Crippen LogP contribution < -0.4 is 5.11 Å². The van der Waals surface area contributed by atoms with Gasteiger partial charge in [0.1, 0.15) is 4.90 Å². The summed E-state index contributed by atoms with van der Waals surface area (Å²) in [5.74, 6) is -1.93. The van der Waals surface area contributed by atoms with Gasteiger partial charge in [-0.2, -0.15) is 9.40 Å². The molecule has 8 heteroatoms. The molecule has 2 rings (SSSR count). The number of carboxylic acid groups (broad SMARTS) is 1. The quantitative estimate of drug-likeness (QED) is 0.701. The molecule has 1 aromatic heterocycles. The highest BCUT2D eigenvalue weighted by Crippen LogP contribution is 2.24. The number of carbonyl (C=O) groups is 1. The van der Waals surface area contributed by atoms with Gasteiger partial charge in [-0.05, 0) is 19.8 Å². The first-order chi connectivity index (χ1) is 8.82. The molecule has 1 atom stereocenters. The number of sulfonamides is 1. The topological polar surface area (TPSA) is 95.3 Å². The van der Waals surface area contributed by atoms with Crippen LogP contribution in [0.5, 0.6) is 0 Å². The Balaban J connectivity index is 2.29. The molecule has 0 radical (unpaired) electrons. The summed E-state index contributed by atoms with van der Waals surface area (Å²) in [6.45, 7) is 1.92. The third kappa shape index (κ3) is 2.64. The summed E-state index contributed by atoms with van der Waals surface area (Å²) >= 11 is 0. The van der Waals surface area contributed by atoms with Crippen LogP contribution >= 0.6 is 0 Å². The first-order valence-corrected chi connectivity index (χ1v) is 7.47. The normalized spacial score (nSPS) is 21.5. The van der Waals surface area contributed by atoms with Crippen LogP contribution in [0, 0.1) is 12.8 Å². The zero-order valence-corrected chi connectivity index (χ0v) is 11.7. The zero-order chi connectivity index (χ0) is 14.2. The van der Waals surface area contributed by atoms with Gasteiger partial charge in [0.2, 0.25) is 10.0 Å². The van der Waals surface area contributed by atoms with Crippen molar-refractivity contribution in [2.24, 2.45) is 13.0 Å². The van der Waals surface area contributed by atoms with Gasteiger partial charge in [-0.1, -0.05) is 0 Å². The van der Waals surface area contributed by atoms with Crippen molar-refractivity contribution >= 4 is 16.0 Å². The Morgan fingerprint density at radius 2 is 2.21 bits per heavy atom. The van der Waals surface area contributed by atoms with Gasteiger partial charge in [-0.3, -0.25) is 4.68 Å². The fourth-order valence-electron chi connectivity index (χ4n) is 2.32. The number of piperidine rings is 1. The van der Waals surface area contributed by atoms with E-state index in [1.165, 1.54) is 15.2 Å². The number of carbonyl (C=O) groups excluding carboxylic acids is 1. The Bertz CT molecular complexity index is 593. The molecule has 1 aliphatic rings. The fraction of sp³-hybridized carbons (Fsp3) is 0.636. The third-order valence-electron chi connectivity index (χ3n) is 3.30. The second kappa shape index (κ2) is 4.93. The van der Waals surface area contributed by atoms with Crippen LogP contribution in [0.3, 0.4) is 0 Å². The molecule has 1 aliphatic heterocycles. The highest BCUT2D eigenvalue weighted by Gasteiger charge is 2.32. The van der Waals surface area contributed by atoms with E-state index in [2.05, 4.69) is 5.10 Å². The van der Waals surface area contributed by atoms with Gasteiger partial charge in [0, 0.05) is 38.2 Å². The molecule has 1 fully saturated rings. The lowest BCUT2D eigenvalue weighted by Crippen LogP contribution is -2.46. The molecule has 0 aromatic carbocycles. The summed E-state index contributed by atoms with van der Waals surface area (Å²) in [6.07, 6.45) is 2.42. The van der Waals surface area contributed by atoms with E-state index in [9.17, 15) is 18.3 Å². The Morgan fingerprint density at radius 3 is 2.74 bits per heavy atom. The maximum absolute atomic E-state index is 12.4. The van der Waals surface area contributed by atoms with Crippen molar-refractivity contribution < 1.29 is 18.3 Å². The van der Waals surface area contributed by atoms with E-state index in [1.54, 1.807) is 14.0 Å². The smallest absolute Gasteiger partial charge is 0.246 e. The molecule has 0 bridgehead atoms. The minimum absolute atomic E-state index is 0.0288. The van der Waals surface area contributed by atoms with E-state index in [1.807, 2.05) is 0 Å². The maximum atomic E-state index is 12.4. The predicted molar refractivity (Wildman–Crippen MR) is 64.4 cm³/mol. The number of aromatic nitrogens is 2. The average Bonchev–Trinajstić information content (AvgIpc) is 2.69. The summed E-state index contributed by atoms with van der Waals surface area (Å²) in [7, 11) is -2.03. The lowest BCUT2D eigenvalue weighted by Gasteiger charge is -2.32. The van der Waals surface area contributed by atoms with E-state index >= 15 is 0 Å². The SMILES string of the molecule is Cc1nn(C)cc1S(=O)(=O)N1CCC[C@H](C(=O)[O-])C1. The van der Waals surface area contributed by atoms with Gasteiger partial charge in [0.25, 0.3) is 0 Å². The van der Waals surface area contributed by atoms with Crippen molar-refractivity contribution in [3.63, 3.8) is 0 Å². The summed E-state index contributed by atoms with van der Waals surface area (Å²) in [4.78, 5) is 11.0. The van der Waals surface area contributed by atoms with Crippen LogP contribution in [-0.4, -0.2) is 41.6 Å². The minimum Gasteiger partial charge on any atom is -0.550 e. The van der Waals surface area contributed by atoms with Gasteiger partial charge in [0.05, 0.1) is 5.69 Å². The van der Waals surface area contributed by atoms with E-state index in [0.717, 1.165) is 0 Å². The van der Waals surface area contributed by atoms with Crippen molar-refractivity contribution in [1.29, 1.82) is 0 Å². The molecule has 1 aromatic rings. The molecule has 0 aliphatic carbocycles. The van der Waals surface area contributed by atoms with Gasteiger partial charge in [-0.25, -0.2) is 8.42 Å². The maximum Gasteiger partial charge on any atom is 0.246 e. The van der Waals surface area contributed by atoms with Gasteiger partial charge in [-0.15, -0.1) is 0 Å². The Morgan fingerprint density at radius 1 is 1.53 bits per heavy atom. The fourth-order valence-corrected chi connectivity index (χ4v) is 4.05. The summed E-state index contributed by atoms with van der Waals surface area (Å²) < 4.78 is 27.5. The zero-order valence-electron chi connectivity index (χ0n) is 10.9. The second-order valence-electron chi connectivity index (χ2n) is 4.77. The first kappa shape index (κ1) is 14.0. The Hall–Kier alpha value is -1.41. The predicted octanol–water partition coefficient (Wildman–Crippen LogP) is -1.12. The number of aryl methyl sites for hydroxylation is 2. The van der Waals surface area contributed by atoms with Crippen LogP contribution in [-0.2, 0) is 21.9 Å². The largest absolute Gasteiger partial charge is 0.550 e. The summed E-state index contributed by atoms with van der Waals surface area (Å²) in [6, 6.07) is 0. The number of nitrogens with zero attached hydrogens (tertiary/aromatic N) is 3. The van der Waals surface area contributed by atoms with E-state index in [4.69, 9.17) is 0 Å². The van der Waals surface area contributed by atoms with Gasteiger partial charge < -0.3 is 9.90 Å². The van der Waals surface area contributed by atoms with Crippen molar-refractivity contribution in [2.75, 3.05) is 13.1 Å². The molecular weight excluding hydrogens is 270 g/mol. The van der Waals surface area contributed by atoms with Crippen LogP contribution in [0.4, 0.5) is 0 Å². The molecule has 2 heterocycles. The van der Waals surface area contributed by atoms with Gasteiger partial charge in [0.15, 0.2) is 0 Å². The van der Waals surface area contributed by atoms with Crippen molar-refractivity contribution in [1.82, 2.24) is 14.1 Å². The Labute approximate surface area is 111 Å². The molecule has 0 N–H and O–H groups in total. The van der Waals surface area contributed by atoms with Crippen molar-refractivity contribution in [3.05, 3.63) is 11.9 Å². The van der Waals surface area contributed by atoms with E-state index < -0.39 is 21.9 Å². The number of aliphatic carboxylic acids is 1. The van der Waals surface area contributed by atoms with Gasteiger partial charge >= 0.3 is 0 Å². The van der Waals surface area contributed by atoms with Crippen LogP contribution in [0.1, 0.15) is 18.5 Å². The monoisotopic (exact) mass is 286 g/mol. The highest BCUT2D eigenvalue weighted by atomic mass is 32.2. The van der Waals surface area contributed by atoms with Crippen molar-refractivity contribution in [2.45, 2.75) is 24.7 Å². The molecule has 106 valence electrons. The first-order valence-electron chi connectivity index (χ1n) is 6.03. The lowest BCUT2D eigenvalue weighted by molar-refractivity contribution is -0.312. The molecular formula is C11H16N3O4S-. The molecule has 0 spiro atoms. The number of hydrogen-bond acceptors (Lipinski definition) is 5. The molecule has 1 saturated heterocycles. The van der Waals surface area contributed by atoms with Crippen LogP contribution in [0.2, 0.25) is 0 Å². The molecule has 0 amide bonds. The van der Waals surface area contributed by atoms with Crippen molar-refractivity contribution in [3.8, 4) is 0 Å². The van der Waals surface area contributed by atoms with E-state index in [0.29, 0.717) is 25.1 Å². The number of hydrogen-bond donors (Lipinski definition) is 0. The third-order valence-corrected chi connectivity index (χ3v) is 5.27. The standard InChI is InChI=1S/C11H17N3O4S/c1-8-10(7-13(2)12-8)19(17,18)14-5-3-4-9(6-14)11(15)16/h7,9H,3-6H2,1-2H3,(H,15,16)/p-1/t9-/m0/s1. The molecule has 7 nitrogen and oxygen atoms in total. The summed E-state index contributed by atoms with van der Waals surface area (Å²) in [5.41, 5.74) is 0.415. The number of rotatable bonds is 3. The molecule has 0 unspecified atom stereocenters. The number of carboxylic acids is 1. The second-order valence-corrected chi connectivity index (χ2v) is 6.68. The van der Waals surface area contributed by atoms with Crippen LogP contribution in [0.25, 0.3) is 0 Å². The highest BCUT2D eigenvalue weighted by molar-refractivity contribution is 7.89. The minimum atomic E-state index is -3.68. The summed E-state index contributed by atoms with van der Waals surface area (Å²) in [5, 5.41) is 14.9. The Kier molecular flexibility index (Phi) is 3.64.